The molecule has 1 heterocycles. The maximum absolute atomic E-state index is 10.7. The van der Waals surface area contributed by atoms with Crippen LogP contribution in [0.4, 0.5) is 0 Å². The van der Waals surface area contributed by atoms with E-state index in [1.165, 1.54) is 27.4 Å². The first kappa shape index (κ1) is 16.8. The summed E-state index contributed by atoms with van der Waals surface area (Å²) >= 11 is 0. The van der Waals surface area contributed by atoms with E-state index in [1.807, 2.05) is 6.07 Å². The van der Waals surface area contributed by atoms with Crippen LogP contribution in [0.2, 0.25) is 0 Å². The largest absolute Gasteiger partial charge is 0.385 e. The molecule has 132 valence electrons. The normalized spacial score (nSPS) is 13.9. The summed E-state index contributed by atoms with van der Waals surface area (Å²) in [6.07, 6.45) is -0.402. The Hall–Kier alpha value is -2.62. The summed E-state index contributed by atoms with van der Waals surface area (Å²) < 4.78 is 2.25. The van der Waals surface area contributed by atoms with Gasteiger partial charge in [0.2, 0.25) is 0 Å². The lowest BCUT2D eigenvalue weighted by molar-refractivity contribution is -0.698. The Bertz CT molecular complexity index is 953. The van der Waals surface area contributed by atoms with Crippen molar-refractivity contribution in [3.63, 3.8) is 0 Å². The summed E-state index contributed by atoms with van der Waals surface area (Å²) in [5.41, 5.74) is 3.66. The Morgan fingerprint density at radius 3 is 1.96 bits per heavy atom. The molecule has 3 N–H and O–H groups in total. The zero-order chi connectivity index (χ0) is 17.9. The van der Waals surface area contributed by atoms with Crippen LogP contribution in [0.3, 0.4) is 0 Å². The number of rotatable bonds is 6. The Kier molecular flexibility index (Phi) is 4.74. The molecule has 4 aromatic rings. The van der Waals surface area contributed by atoms with Gasteiger partial charge in [-0.1, -0.05) is 66.7 Å². The third-order valence-corrected chi connectivity index (χ3v) is 5.16. The lowest BCUT2D eigenvalue weighted by Gasteiger charge is -2.16. The highest BCUT2D eigenvalue weighted by atomic mass is 16.3. The zero-order valence-electron chi connectivity index (χ0n) is 15.0. The highest BCUT2D eigenvalue weighted by molar-refractivity contribution is 6.07. The minimum Gasteiger partial charge on any atom is -0.385 e. The zero-order valence-corrected chi connectivity index (χ0v) is 15.0. The lowest BCUT2D eigenvalue weighted by Crippen LogP contribution is -2.86. The predicted molar refractivity (Wildman–Crippen MR) is 107 cm³/mol. The van der Waals surface area contributed by atoms with Gasteiger partial charge in [-0.15, -0.1) is 0 Å². The molecular formula is C23H25N2O+. The van der Waals surface area contributed by atoms with Crippen molar-refractivity contribution in [2.75, 3.05) is 6.54 Å². The van der Waals surface area contributed by atoms with Crippen LogP contribution in [-0.4, -0.2) is 22.3 Å². The Labute approximate surface area is 153 Å². The maximum atomic E-state index is 10.7. The third-order valence-electron chi connectivity index (χ3n) is 5.16. The van der Waals surface area contributed by atoms with Gasteiger partial charge in [0, 0.05) is 27.4 Å². The summed E-state index contributed by atoms with van der Waals surface area (Å²) in [5.74, 6) is 0. The first-order valence-electron chi connectivity index (χ1n) is 9.26. The summed E-state index contributed by atoms with van der Waals surface area (Å²) in [6.45, 7) is 3.46. The van der Waals surface area contributed by atoms with Gasteiger partial charge >= 0.3 is 0 Å². The summed E-state index contributed by atoms with van der Waals surface area (Å²) in [7, 11) is 0. The maximum Gasteiger partial charge on any atom is 0.121 e. The van der Waals surface area contributed by atoms with Crippen LogP contribution >= 0.6 is 0 Å². The van der Waals surface area contributed by atoms with E-state index in [0.29, 0.717) is 19.1 Å². The van der Waals surface area contributed by atoms with Gasteiger partial charge in [0.1, 0.15) is 18.7 Å². The molecule has 0 amide bonds. The average Bonchev–Trinajstić information content (AvgIpc) is 3.01. The number of para-hydroxylation sites is 2. The van der Waals surface area contributed by atoms with E-state index < -0.39 is 6.10 Å². The van der Waals surface area contributed by atoms with Gasteiger partial charge in [-0.2, -0.15) is 0 Å². The van der Waals surface area contributed by atoms with Crippen molar-refractivity contribution in [1.82, 2.24) is 4.57 Å². The van der Waals surface area contributed by atoms with Crippen molar-refractivity contribution in [1.29, 1.82) is 0 Å². The summed E-state index contributed by atoms with van der Waals surface area (Å²) in [4.78, 5) is 0. The van der Waals surface area contributed by atoms with E-state index in [4.69, 9.17) is 0 Å². The highest BCUT2D eigenvalue weighted by Crippen LogP contribution is 2.28. The van der Waals surface area contributed by atoms with Gasteiger partial charge in [0.15, 0.2) is 0 Å². The van der Waals surface area contributed by atoms with E-state index in [9.17, 15) is 5.11 Å². The smallest absolute Gasteiger partial charge is 0.121 e. The number of nitrogens with two attached hydrogens (primary N) is 1. The number of quaternary nitrogens is 1. The molecule has 0 spiro atoms. The predicted octanol–water partition coefficient (Wildman–Crippen LogP) is 3.48. The SMILES string of the molecule is C[C@H]([NH2+]C[C@H](O)Cn1c2ccccc2c2ccccc21)c1ccccc1. The molecule has 0 radical (unpaired) electrons. The number of benzene rings is 3. The standard InChI is InChI=1S/C23H24N2O/c1-17(18-9-3-2-4-10-18)24-15-19(26)16-25-22-13-7-5-11-20(22)21-12-6-8-14-23(21)25/h2-14,17,19,24,26H,15-16H2,1H3/p+1/t17-,19-/m0/s1. The number of hydrogen-bond acceptors (Lipinski definition) is 1. The summed E-state index contributed by atoms with van der Waals surface area (Å²) in [5, 5.41) is 15.4. The second-order valence-electron chi connectivity index (χ2n) is 6.97. The topological polar surface area (TPSA) is 41.8 Å². The number of hydrogen-bond donors (Lipinski definition) is 2. The Morgan fingerprint density at radius 1 is 0.808 bits per heavy atom. The number of aliphatic hydroxyl groups is 1. The van der Waals surface area contributed by atoms with E-state index in [-0.39, 0.29) is 0 Å². The van der Waals surface area contributed by atoms with Crippen molar-refractivity contribution in [2.45, 2.75) is 25.6 Å². The first-order valence-corrected chi connectivity index (χ1v) is 9.26. The Morgan fingerprint density at radius 2 is 1.35 bits per heavy atom. The van der Waals surface area contributed by atoms with Crippen molar-refractivity contribution < 1.29 is 10.4 Å². The van der Waals surface area contributed by atoms with Gasteiger partial charge in [0.05, 0.1) is 6.54 Å². The van der Waals surface area contributed by atoms with Crippen molar-refractivity contribution in [3.05, 3.63) is 84.4 Å². The second-order valence-corrected chi connectivity index (χ2v) is 6.97. The molecule has 0 fully saturated rings. The first-order chi connectivity index (χ1) is 12.7. The molecule has 0 aliphatic heterocycles. The second kappa shape index (κ2) is 7.32. The van der Waals surface area contributed by atoms with Gasteiger partial charge < -0.3 is 15.0 Å². The Balaban J connectivity index is 1.53. The van der Waals surface area contributed by atoms with Crippen LogP contribution in [0.5, 0.6) is 0 Å². The molecule has 0 unspecified atom stereocenters. The monoisotopic (exact) mass is 345 g/mol. The molecule has 4 rings (SSSR count). The highest BCUT2D eigenvalue weighted by Gasteiger charge is 2.16. The third kappa shape index (κ3) is 3.24. The van der Waals surface area contributed by atoms with E-state index >= 15 is 0 Å². The molecular weight excluding hydrogens is 320 g/mol. The molecule has 3 aromatic carbocycles. The van der Waals surface area contributed by atoms with Crippen molar-refractivity contribution in [2.24, 2.45) is 0 Å². The van der Waals surface area contributed by atoms with Crippen molar-refractivity contribution in [3.8, 4) is 0 Å². The van der Waals surface area contributed by atoms with Gasteiger partial charge in [-0.3, -0.25) is 0 Å². The minimum atomic E-state index is -0.402. The molecule has 0 aliphatic rings. The van der Waals surface area contributed by atoms with E-state index in [1.54, 1.807) is 0 Å². The fourth-order valence-electron chi connectivity index (χ4n) is 3.74. The van der Waals surface area contributed by atoms with Crippen LogP contribution in [0.25, 0.3) is 21.8 Å². The van der Waals surface area contributed by atoms with Gasteiger partial charge in [-0.25, -0.2) is 0 Å². The quantitative estimate of drug-likeness (QED) is 0.552. The molecule has 2 atom stereocenters. The molecule has 0 aliphatic carbocycles. The lowest BCUT2D eigenvalue weighted by atomic mass is 10.1. The molecule has 0 saturated heterocycles. The minimum absolute atomic E-state index is 0.337. The summed E-state index contributed by atoms with van der Waals surface area (Å²) in [6, 6.07) is 27.6. The van der Waals surface area contributed by atoms with E-state index in [0.717, 1.165) is 0 Å². The fraction of sp³-hybridized carbons (Fsp3) is 0.217. The van der Waals surface area contributed by atoms with Crippen LogP contribution in [-0.2, 0) is 6.54 Å². The molecule has 0 bridgehead atoms. The van der Waals surface area contributed by atoms with Gasteiger partial charge in [-0.05, 0) is 19.1 Å². The number of aromatic nitrogens is 1. The molecule has 26 heavy (non-hydrogen) atoms. The van der Waals surface area contributed by atoms with Crippen molar-refractivity contribution >= 4 is 21.8 Å². The van der Waals surface area contributed by atoms with E-state index in [2.05, 4.69) is 89.6 Å². The van der Waals surface area contributed by atoms with Crippen LogP contribution < -0.4 is 5.32 Å². The number of fused-ring (bicyclic) bond motifs is 3. The molecule has 0 saturated carbocycles. The average molecular weight is 345 g/mol. The number of nitrogens with zero attached hydrogens (tertiary/aromatic N) is 1. The molecule has 3 nitrogen and oxygen atoms in total. The van der Waals surface area contributed by atoms with Gasteiger partial charge in [0.25, 0.3) is 0 Å². The van der Waals surface area contributed by atoms with Crippen LogP contribution in [0.1, 0.15) is 18.5 Å². The molecule has 1 aromatic heterocycles. The molecule has 3 heteroatoms. The van der Waals surface area contributed by atoms with Crippen LogP contribution in [0, 0.1) is 0 Å². The van der Waals surface area contributed by atoms with Crippen LogP contribution in [0.15, 0.2) is 78.9 Å². The number of aliphatic hydroxyl groups excluding tert-OH is 1. The fourth-order valence-corrected chi connectivity index (χ4v) is 3.74.